The minimum Gasteiger partial charge on any atom is -0.493 e. The van der Waals surface area contributed by atoms with E-state index in [9.17, 15) is 4.79 Å². The number of hydrogen-bond donors (Lipinski definition) is 1. The Morgan fingerprint density at radius 1 is 1.33 bits per heavy atom. The van der Waals surface area contributed by atoms with Crippen molar-refractivity contribution in [3.8, 4) is 5.75 Å². The highest BCUT2D eigenvalue weighted by molar-refractivity contribution is 5.69. The van der Waals surface area contributed by atoms with Crippen molar-refractivity contribution in [1.82, 2.24) is 0 Å². The van der Waals surface area contributed by atoms with Crippen molar-refractivity contribution in [3.63, 3.8) is 0 Å². The van der Waals surface area contributed by atoms with Gasteiger partial charge in [-0.3, -0.25) is 4.79 Å². The molecule has 21 heavy (non-hydrogen) atoms. The van der Waals surface area contributed by atoms with Crippen molar-refractivity contribution in [2.24, 2.45) is 5.73 Å². The highest BCUT2D eigenvalue weighted by Crippen LogP contribution is 2.25. The van der Waals surface area contributed by atoms with Crippen molar-refractivity contribution in [3.05, 3.63) is 29.3 Å². The van der Waals surface area contributed by atoms with Crippen molar-refractivity contribution in [1.29, 1.82) is 0 Å². The Balaban J connectivity index is 2.58. The van der Waals surface area contributed by atoms with Crippen LogP contribution in [-0.2, 0) is 16.0 Å². The predicted octanol–water partition coefficient (Wildman–Crippen LogP) is 3.03. The summed E-state index contributed by atoms with van der Waals surface area (Å²) in [5.74, 6) is 1.17. The van der Waals surface area contributed by atoms with Crippen LogP contribution in [0.1, 0.15) is 50.7 Å². The minimum absolute atomic E-state index is 0.167. The number of benzene rings is 1. The van der Waals surface area contributed by atoms with Gasteiger partial charge in [-0.1, -0.05) is 26.0 Å². The van der Waals surface area contributed by atoms with E-state index in [0.717, 1.165) is 17.7 Å². The van der Waals surface area contributed by atoms with Gasteiger partial charge in [0.15, 0.2) is 0 Å². The molecule has 2 N–H and O–H groups in total. The molecule has 4 heteroatoms. The molecular formula is C17H27NO3. The summed E-state index contributed by atoms with van der Waals surface area (Å²) in [6.07, 6.45) is 1.85. The number of ether oxygens (including phenoxy) is 2. The van der Waals surface area contributed by atoms with Gasteiger partial charge < -0.3 is 15.2 Å². The third-order valence-corrected chi connectivity index (χ3v) is 3.26. The fourth-order valence-corrected chi connectivity index (χ4v) is 2.06. The molecule has 0 fully saturated rings. The van der Waals surface area contributed by atoms with Crippen molar-refractivity contribution in [2.45, 2.75) is 46.0 Å². The van der Waals surface area contributed by atoms with Crippen LogP contribution in [0.25, 0.3) is 0 Å². The van der Waals surface area contributed by atoms with Crippen LogP contribution in [0, 0.1) is 0 Å². The van der Waals surface area contributed by atoms with Crippen molar-refractivity contribution in [2.75, 3.05) is 19.8 Å². The van der Waals surface area contributed by atoms with E-state index in [-0.39, 0.29) is 5.97 Å². The molecule has 0 bridgehead atoms. The van der Waals surface area contributed by atoms with E-state index in [0.29, 0.717) is 38.5 Å². The van der Waals surface area contributed by atoms with Crippen LogP contribution >= 0.6 is 0 Å². The van der Waals surface area contributed by atoms with Crippen LogP contribution in [0.15, 0.2) is 18.2 Å². The maximum absolute atomic E-state index is 11.3. The first-order valence-electron chi connectivity index (χ1n) is 7.69. The number of hydrogen-bond acceptors (Lipinski definition) is 4. The predicted molar refractivity (Wildman–Crippen MR) is 84.7 cm³/mol. The number of carbonyl (C=O) groups excluding carboxylic acids is 1. The molecule has 0 amide bonds. The van der Waals surface area contributed by atoms with E-state index in [1.54, 1.807) is 0 Å². The summed E-state index contributed by atoms with van der Waals surface area (Å²) in [5, 5.41) is 0. The summed E-state index contributed by atoms with van der Waals surface area (Å²) >= 11 is 0. The summed E-state index contributed by atoms with van der Waals surface area (Å²) < 4.78 is 10.7. The molecule has 118 valence electrons. The molecule has 0 aliphatic rings. The smallest absolute Gasteiger partial charge is 0.305 e. The number of carbonyl (C=O) groups is 1. The summed E-state index contributed by atoms with van der Waals surface area (Å²) in [7, 11) is 0. The molecule has 1 aromatic carbocycles. The highest BCUT2D eigenvalue weighted by Gasteiger charge is 2.08. The summed E-state index contributed by atoms with van der Waals surface area (Å²) in [6, 6.07) is 6.30. The first-order chi connectivity index (χ1) is 10.1. The minimum atomic E-state index is -0.167. The Labute approximate surface area is 127 Å². The zero-order chi connectivity index (χ0) is 15.7. The fourth-order valence-electron chi connectivity index (χ4n) is 2.06. The average molecular weight is 293 g/mol. The molecular weight excluding hydrogens is 266 g/mol. The molecule has 0 saturated carbocycles. The van der Waals surface area contributed by atoms with E-state index in [1.165, 1.54) is 5.56 Å². The number of rotatable bonds is 9. The van der Waals surface area contributed by atoms with Crippen LogP contribution in [-0.4, -0.2) is 25.7 Å². The van der Waals surface area contributed by atoms with Gasteiger partial charge in [-0.05, 0) is 49.4 Å². The molecule has 0 atom stereocenters. The molecule has 4 nitrogen and oxygen atoms in total. The zero-order valence-electron chi connectivity index (χ0n) is 13.4. The second-order valence-corrected chi connectivity index (χ2v) is 5.32. The van der Waals surface area contributed by atoms with E-state index < -0.39 is 0 Å². The van der Waals surface area contributed by atoms with Crippen LogP contribution in [0.5, 0.6) is 5.75 Å². The molecule has 0 saturated heterocycles. The number of esters is 1. The largest absolute Gasteiger partial charge is 0.493 e. The molecule has 0 aliphatic heterocycles. The molecule has 0 heterocycles. The van der Waals surface area contributed by atoms with E-state index >= 15 is 0 Å². The Morgan fingerprint density at radius 2 is 2.10 bits per heavy atom. The molecule has 1 rings (SSSR count). The Bertz CT molecular complexity index is 444. The maximum Gasteiger partial charge on any atom is 0.305 e. The first-order valence-corrected chi connectivity index (χ1v) is 7.69. The van der Waals surface area contributed by atoms with E-state index in [2.05, 4.69) is 32.0 Å². The third-order valence-electron chi connectivity index (χ3n) is 3.26. The lowest BCUT2D eigenvalue weighted by atomic mass is 10.00. The number of nitrogens with two attached hydrogens (primary N) is 1. The molecule has 0 unspecified atom stereocenters. The average Bonchev–Trinajstić information content (AvgIpc) is 2.45. The van der Waals surface area contributed by atoms with Crippen LogP contribution in [0.4, 0.5) is 0 Å². The van der Waals surface area contributed by atoms with Gasteiger partial charge in [-0.25, -0.2) is 0 Å². The maximum atomic E-state index is 11.3. The van der Waals surface area contributed by atoms with Crippen molar-refractivity contribution < 1.29 is 14.3 Å². The van der Waals surface area contributed by atoms with Gasteiger partial charge in [0, 0.05) is 6.42 Å². The van der Waals surface area contributed by atoms with Gasteiger partial charge in [0.25, 0.3) is 0 Å². The SMILES string of the molecule is CCOC(=O)CCCOc1cc(C(C)C)ccc1CCN. The summed E-state index contributed by atoms with van der Waals surface area (Å²) in [6.45, 7) is 7.66. The van der Waals surface area contributed by atoms with Crippen LogP contribution < -0.4 is 10.5 Å². The molecule has 0 spiro atoms. The second-order valence-electron chi connectivity index (χ2n) is 5.32. The van der Waals surface area contributed by atoms with E-state index in [1.807, 2.05) is 6.92 Å². The lowest BCUT2D eigenvalue weighted by molar-refractivity contribution is -0.143. The van der Waals surface area contributed by atoms with Crippen LogP contribution in [0.3, 0.4) is 0 Å². The van der Waals surface area contributed by atoms with Gasteiger partial charge in [-0.15, -0.1) is 0 Å². The first kappa shape index (κ1) is 17.5. The van der Waals surface area contributed by atoms with Gasteiger partial charge in [0.1, 0.15) is 5.75 Å². The molecule has 0 aliphatic carbocycles. The van der Waals surface area contributed by atoms with Crippen LogP contribution in [0.2, 0.25) is 0 Å². The Hall–Kier alpha value is -1.55. The van der Waals surface area contributed by atoms with Crippen molar-refractivity contribution >= 4 is 5.97 Å². The van der Waals surface area contributed by atoms with Gasteiger partial charge in [0.05, 0.1) is 13.2 Å². The Kier molecular flexibility index (Phi) is 7.83. The molecule has 0 radical (unpaired) electrons. The standard InChI is InChI=1S/C17H27NO3/c1-4-20-17(19)6-5-11-21-16-12-15(13(2)3)8-7-14(16)9-10-18/h7-8,12-13H,4-6,9-11,18H2,1-3H3. The zero-order valence-corrected chi connectivity index (χ0v) is 13.4. The Morgan fingerprint density at radius 3 is 2.71 bits per heavy atom. The molecule has 1 aromatic rings. The lowest BCUT2D eigenvalue weighted by Crippen LogP contribution is -2.09. The van der Waals surface area contributed by atoms with Gasteiger partial charge in [-0.2, -0.15) is 0 Å². The quantitative estimate of drug-likeness (QED) is 0.561. The summed E-state index contributed by atoms with van der Waals surface area (Å²) in [5.41, 5.74) is 8.01. The van der Waals surface area contributed by atoms with Gasteiger partial charge >= 0.3 is 5.97 Å². The van der Waals surface area contributed by atoms with Gasteiger partial charge in [0.2, 0.25) is 0 Å². The second kappa shape index (κ2) is 9.40. The molecule has 0 aromatic heterocycles. The topological polar surface area (TPSA) is 61.5 Å². The fraction of sp³-hybridized carbons (Fsp3) is 0.588. The summed E-state index contributed by atoms with van der Waals surface area (Å²) in [4.78, 5) is 11.3. The monoisotopic (exact) mass is 293 g/mol. The third kappa shape index (κ3) is 6.17. The normalized spacial score (nSPS) is 10.7. The van der Waals surface area contributed by atoms with E-state index in [4.69, 9.17) is 15.2 Å². The highest BCUT2D eigenvalue weighted by atomic mass is 16.5. The lowest BCUT2D eigenvalue weighted by Gasteiger charge is -2.14.